The zero-order valence-corrected chi connectivity index (χ0v) is 17.7. The SMILES string of the molecule is O=C(NCCc1nnc2n1CCN(Cc1cccc3cccnc13)CC2)[C@H]1CCCO1. The summed E-state index contributed by atoms with van der Waals surface area (Å²) in [4.78, 5) is 19.2. The summed E-state index contributed by atoms with van der Waals surface area (Å²) in [5.41, 5.74) is 2.34. The van der Waals surface area contributed by atoms with E-state index in [0.29, 0.717) is 19.6 Å². The molecule has 8 heteroatoms. The molecule has 4 heterocycles. The van der Waals surface area contributed by atoms with Crippen molar-refractivity contribution in [3.63, 3.8) is 0 Å². The second kappa shape index (κ2) is 9.11. The highest BCUT2D eigenvalue weighted by Crippen LogP contribution is 2.19. The van der Waals surface area contributed by atoms with E-state index in [0.717, 1.165) is 62.6 Å². The molecule has 0 radical (unpaired) electrons. The highest BCUT2D eigenvalue weighted by Gasteiger charge is 2.24. The largest absolute Gasteiger partial charge is 0.368 e. The number of ether oxygens (including phenoxy) is 1. The fourth-order valence-corrected chi connectivity index (χ4v) is 4.50. The Bertz CT molecular complexity index is 1050. The summed E-state index contributed by atoms with van der Waals surface area (Å²) in [5.74, 6) is 1.96. The van der Waals surface area contributed by atoms with Crippen molar-refractivity contribution >= 4 is 16.8 Å². The molecule has 31 heavy (non-hydrogen) atoms. The second-order valence-electron chi connectivity index (χ2n) is 8.25. The van der Waals surface area contributed by atoms with Crippen LogP contribution in [-0.4, -0.2) is 62.9 Å². The molecular formula is C23H28N6O2. The lowest BCUT2D eigenvalue weighted by molar-refractivity contribution is -0.130. The predicted octanol–water partition coefficient (Wildman–Crippen LogP) is 1.72. The zero-order chi connectivity index (χ0) is 21.0. The summed E-state index contributed by atoms with van der Waals surface area (Å²) in [6.07, 6.45) is 4.90. The van der Waals surface area contributed by atoms with Gasteiger partial charge in [0.15, 0.2) is 0 Å². The van der Waals surface area contributed by atoms with Crippen molar-refractivity contribution in [2.45, 2.75) is 44.9 Å². The first-order valence-corrected chi connectivity index (χ1v) is 11.1. The third-order valence-corrected chi connectivity index (χ3v) is 6.18. The van der Waals surface area contributed by atoms with E-state index in [-0.39, 0.29) is 12.0 Å². The van der Waals surface area contributed by atoms with Gasteiger partial charge in [0.25, 0.3) is 0 Å². The number of amides is 1. The maximum atomic E-state index is 12.1. The van der Waals surface area contributed by atoms with Gasteiger partial charge in [-0.1, -0.05) is 24.3 Å². The van der Waals surface area contributed by atoms with E-state index in [1.807, 2.05) is 12.3 Å². The topological polar surface area (TPSA) is 85.2 Å². The Labute approximate surface area is 181 Å². The fraction of sp³-hybridized carbons (Fsp3) is 0.478. The molecule has 1 N–H and O–H groups in total. The number of fused-ring (bicyclic) bond motifs is 2. The summed E-state index contributed by atoms with van der Waals surface area (Å²) >= 11 is 0. The minimum atomic E-state index is -0.285. The van der Waals surface area contributed by atoms with Gasteiger partial charge in [0.1, 0.15) is 17.8 Å². The highest BCUT2D eigenvalue weighted by molar-refractivity contribution is 5.81. The number of carbonyl (C=O) groups is 1. The van der Waals surface area contributed by atoms with Crippen molar-refractivity contribution in [1.29, 1.82) is 0 Å². The molecule has 1 fully saturated rings. The average Bonchev–Trinajstić information content (AvgIpc) is 3.42. The summed E-state index contributed by atoms with van der Waals surface area (Å²) < 4.78 is 7.66. The molecule has 162 valence electrons. The van der Waals surface area contributed by atoms with Crippen molar-refractivity contribution < 1.29 is 9.53 Å². The first kappa shape index (κ1) is 20.1. The third kappa shape index (κ3) is 4.45. The van der Waals surface area contributed by atoms with Gasteiger partial charge in [-0.25, -0.2) is 0 Å². The van der Waals surface area contributed by atoms with E-state index in [2.05, 4.69) is 54.2 Å². The Hall–Kier alpha value is -2.84. The molecule has 8 nitrogen and oxygen atoms in total. The number of benzene rings is 1. The Morgan fingerprint density at radius 1 is 1.16 bits per heavy atom. The lowest BCUT2D eigenvalue weighted by atomic mass is 10.1. The highest BCUT2D eigenvalue weighted by atomic mass is 16.5. The van der Waals surface area contributed by atoms with Gasteiger partial charge in [0, 0.05) is 63.8 Å². The molecule has 2 aromatic heterocycles. The number of rotatable bonds is 6. The Morgan fingerprint density at radius 3 is 3.00 bits per heavy atom. The van der Waals surface area contributed by atoms with Crippen molar-refractivity contribution in [3.8, 4) is 0 Å². The fourth-order valence-electron chi connectivity index (χ4n) is 4.50. The number of hydrogen-bond acceptors (Lipinski definition) is 6. The van der Waals surface area contributed by atoms with Gasteiger partial charge in [0.05, 0.1) is 5.52 Å². The maximum Gasteiger partial charge on any atom is 0.249 e. The Morgan fingerprint density at radius 2 is 2.10 bits per heavy atom. The van der Waals surface area contributed by atoms with Crippen molar-refractivity contribution in [3.05, 3.63) is 53.7 Å². The van der Waals surface area contributed by atoms with Crippen LogP contribution in [0.15, 0.2) is 36.5 Å². The average molecular weight is 421 g/mol. The molecule has 2 aliphatic heterocycles. The van der Waals surface area contributed by atoms with E-state index < -0.39 is 0 Å². The Balaban J connectivity index is 1.19. The third-order valence-electron chi connectivity index (χ3n) is 6.18. The van der Waals surface area contributed by atoms with Gasteiger partial charge in [-0.15, -0.1) is 10.2 Å². The standard InChI is InChI=1S/C23H28N6O2/c30-23(19-7-3-15-31-19)25-11-8-20-26-27-21-9-12-28(13-14-29(20)21)16-18-5-1-4-17-6-2-10-24-22(17)18/h1-2,4-6,10,19H,3,7-9,11-16H2,(H,25,30)/t19-/m1/s1. The lowest BCUT2D eigenvalue weighted by Gasteiger charge is -2.20. The minimum Gasteiger partial charge on any atom is -0.368 e. The van der Waals surface area contributed by atoms with Crippen LogP contribution < -0.4 is 5.32 Å². The van der Waals surface area contributed by atoms with Crippen molar-refractivity contribution in [2.75, 3.05) is 26.2 Å². The molecule has 0 saturated carbocycles. The van der Waals surface area contributed by atoms with Gasteiger partial charge in [-0.2, -0.15) is 0 Å². The van der Waals surface area contributed by atoms with Gasteiger partial charge >= 0.3 is 0 Å². The molecule has 0 aliphatic carbocycles. The molecule has 1 saturated heterocycles. The second-order valence-corrected chi connectivity index (χ2v) is 8.25. The normalized spacial score (nSPS) is 19.3. The molecular weight excluding hydrogens is 392 g/mol. The summed E-state index contributed by atoms with van der Waals surface area (Å²) in [6, 6.07) is 10.5. The molecule has 0 bridgehead atoms. The summed E-state index contributed by atoms with van der Waals surface area (Å²) in [6.45, 7) is 4.85. The van der Waals surface area contributed by atoms with Crippen LogP contribution in [0.4, 0.5) is 0 Å². The molecule has 1 aromatic carbocycles. The number of carbonyl (C=O) groups excluding carboxylic acids is 1. The van der Waals surface area contributed by atoms with E-state index in [1.165, 1.54) is 10.9 Å². The zero-order valence-electron chi connectivity index (χ0n) is 17.7. The van der Waals surface area contributed by atoms with Crippen LogP contribution in [0, 0.1) is 0 Å². The Kier molecular flexibility index (Phi) is 5.90. The monoisotopic (exact) mass is 420 g/mol. The van der Waals surface area contributed by atoms with Crippen LogP contribution in [0.1, 0.15) is 30.1 Å². The molecule has 0 spiro atoms. The van der Waals surface area contributed by atoms with E-state index in [9.17, 15) is 4.79 Å². The van der Waals surface area contributed by atoms with E-state index in [4.69, 9.17) is 4.74 Å². The van der Waals surface area contributed by atoms with Gasteiger partial charge < -0.3 is 14.6 Å². The van der Waals surface area contributed by atoms with Gasteiger partial charge in [-0.3, -0.25) is 14.7 Å². The van der Waals surface area contributed by atoms with Crippen LogP contribution in [0.25, 0.3) is 10.9 Å². The number of hydrogen-bond donors (Lipinski definition) is 1. The first-order valence-electron chi connectivity index (χ1n) is 11.1. The smallest absolute Gasteiger partial charge is 0.249 e. The minimum absolute atomic E-state index is 0.0111. The van der Waals surface area contributed by atoms with Gasteiger partial charge in [-0.05, 0) is 24.5 Å². The molecule has 2 aliphatic rings. The molecule has 0 unspecified atom stereocenters. The maximum absolute atomic E-state index is 12.1. The quantitative estimate of drug-likeness (QED) is 0.654. The molecule has 1 atom stereocenters. The number of pyridine rings is 1. The van der Waals surface area contributed by atoms with Crippen LogP contribution in [0.5, 0.6) is 0 Å². The van der Waals surface area contributed by atoms with Gasteiger partial charge in [0.2, 0.25) is 5.91 Å². The predicted molar refractivity (Wildman–Crippen MR) is 116 cm³/mol. The molecule has 3 aromatic rings. The summed E-state index contributed by atoms with van der Waals surface area (Å²) in [5, 5.41) is 13.0. The number of nitrogens with zero attached hydrogens (tertiary/aromatic N) is 5. The van der Waals surface area contributed by atoms with E-state index in [1.54, 1.807) is 0 Å². The van der Waals surface area contributed by atoms with Crippen LogP contribution in [-0.2, 0) is 35.5 Å². The van der Waals surface area contributed by atoms with Crippen LogP contribution in [0.3, 0.4) is 0 Å². The lowest BCUT2D eigenvalue weighted by Crippen LogP contribution is -2.35. The first-order chi connectivity index (χ1) is 15.3. The molecule has 1 amide bonds. The van der Waals surface area contributed by atoms with E-state index >= 15 is 0 Å². The van der Waals surface area contributed by atoms with Crippen LogP contribution >= 0.6 is 0 Å². The molecule has 5 rings (SSSR count). The van der Waals surface area contributed by atoms with Crippen molar-refractivity contribution in [2.24, 2.45) is 0 Å². The number of para-hydroxylation sites is 1. The summed E-state index contributed by atoms with van der Waals surface area (Å²) in [7, 11) is 0. The van der Waals surface area contributed by atoms with Crippen LogP contribution in [0.2, 0.25) is 0 Å². The number of nitrogens with one attached hydrogen (secondary N) is 1. The number of aromatic nitrogens is 4. The van der Waals surface area contributed by atoms with Crippen molar-refractivity contribution in [1.82, 2.24) is 30.0 Å².